The van der Waals surface area contributed by atoms with Crippen molar-refractivity contribution in [3.8, 4) is 0 Å². The molecule has 0 radical (unpaired) electrons. The number of hydrogen-bond acceptors (Lipinski definition) is 7. The van der Waals surface area contributed by atoms with E-state index in [1.807, 2.05) is 0 Å². The van der Waals surface area contributed by atoms with E-state index in [1.165, 1.54) is 17.8 Å². The van der Waals surface area contributed by atoms with Gasteiger partial charge >= 0.3 is 0 Å². The lowest BCUT2D eigenvalue weighted by atomic mass is 10.3. The van der Waals surface area contributed by atoms with Crippen LogP contribution >= 0.6 is 11.8 Å². The minimum absolute atomic E-state index is 0.117. The number of hydrogen-bond donors (Lipinski definition) is 1. The van der Waals surface area contributed by atoms with Crippen molar-refractivity contribution in [2.24, 2.45) is 0 Å². The Morgan fingerprint density at radius 3 is 2.68 bits per heavy atom. The van der Waals surface area contributed by atoms with Crippen LogP contribution in [0.5, 0.6) is 0 Å². The highest BCUT2D eigenvalue weighted by molar-refractivity contribution is 7.98. The Labute approximate surface area is 132 Å². The van der Waals surface area contributed by atoms with Gasteiger partial charge in [0, 0.05) is 50.4 Å². The van der Waals surface area contributed by atoms with Gasteiger partial charge < -0.3 is 9.80 Å². The lowest BCUT2D eigenvalue weighted by Gasteiger charge is -2.32. The molecule has 2 aromatic heterocycles. The van der Waals surface area contributed by atoms with Crippen LogP contribution in [0.4, 0.5) is 5.95 Å². The van der Waals surface area contributed by atoms with Gasteiger partial charge in [0.05, 0.1) is 5.69 Å². The van der Waals surface area contributed by atoms with Crippen LogP contribution < -0.4 is 10.5 Å². The molecule has 0 aliphatic carbocycles. The second-order valence-electron chi connectivity index (χ2n) is 5.17. The summed E-state index contributed by atoms with van der Waals surface area (Å²) in [5.74, 6) is 1.24. The third-order valence-corrected chi connectivity index (χ3v) is 4.39. The largest absolute Gasteiger partial charge is 0.340 e. The lowest BCUT2D eigenvalue weighted by molar-refractivity contribution is 0.311. The smallest absolute Gasteiger partial charge is 0.252 e. The quantitative estimate of drug-likeness (QED) is 0.653. The Balaban J connectivity index is 1.71. The van der Waals surface area contributed by atoms with Crippen molar-refractivity contribution < 1.29 is 0 Å². The van der Waals surface area contributed by atoms with Gasteiger partial charge in [0.25, 0.3) is 5.56 Å². The minimum Gasteiger partial charge on any atom is -0.340 e. The fourth-order valence-electron chi connectivity index (χ4n) is 2.23. The third kappa shape index (κ3) is 3.83. The van der Waals surface area contributed by atoms with E-state index in [2.05, 4.69) is 36.8 Å². The molecule has 0 amide bonds. The molecule has 0 aromatic carbocycles. The summed E-state index contributed by atoms with van der Waals surface area (Å²) in [5, 5.41) is 0.686. The molecular weight excluding hydrogens is 300 g/mol. The van der Waals surface area contributed by atoms with Crippen LogP contribution in [0.15, 0.2) is 34.5 Å². The maximum Gasteiger partial charge on any atom is 0.252 e. The van der Waals surface area contributed by atoms with Gasteiger partial charge in [-0.2, -0.15) is 0 Å². The zero-order chi connectivity index (χ0) is 15.4. The molecule has 3 rings (SSSR count). The zero-order valence-corrected chi connectivity index (χ0v) is 13.2. The molecular formula is C14H18N6OS. The summed E-state index contributed by atoms with van der Waals surface area (Å²) in [6, 6.07) is 3.32. The third-order valence-electron chi connectivity index (χ3n) is 3.48. The Bertz CT molecular complexity index is 669. The van der Waals surface area contributed by atoms with Crippen molar-refractivity contribution >= 4 is 17.7 Å². The van der Waals surface area contributed by atoms with Crippen LogP contribution in [0, 0.1) is 0 Å². The lowest BCUT2D eigenvalue weighted by Crippen LogP contribution is -2.45. The van der Waals surface area contributed by atoms with E-state index in [1.54, 1.807) is 18.5 Å². The van der Waals surface area contributed by atoms with E-state index in [9.17, 15) is 4.79 Å². The first kappa shape index (κ1) is 15.0. The maximum absolute atomic E-state index is 11.9. The van der Waals surface area contributed by atoms with Crippen LogP contribution in [0.3, 0.4) is 0 Å². The molecule has 0 saturated carbocycles. The SMILES string of the molecule is CN1CCN(c2nc(CSc3ncccn3)cc(=O)[nH]2)CC1. The predicted molar refractivity (Wildman–Crippen MR) is 86.2 cm³/mol. The number of H-pyrrole nitrogens is 1. The number of aromatic amines is 1. The summed E-state index contributed by atoms with van der Waals surface area (Å²) in [6.07, 6.45) is 3.41. The van der Waals surface area contributed by atoms with Crippen molar-refractivity contribution in [3.63, 3.8) is 0 Å². The molecule has 2 aromatic rings. The number of nitrogens with one attached hydrogen (secondary N) is 1. The molecule has 116 valence electrons. The van der Waals surface area contributed by atoms with Gasteiger partial charge in [-0.3, -0.25) is 9.78 Å². The molecule has 1 fully saturated rings. The predicted octanol–water partition coefficient (Wildman–Crippen LogP) is 0.604. The van der Waals surface area contributed by atoms with Crippen LogP contribution in [-0.4, -0.2) is 58.1 Å². The molecule has 0 atom stereocenters. The first-order valence-corrected chi connectivity index (χ1v) is 8.13. The van der Waals surface area contributed by atoms with Gasteiger partial charge in [-0.1, -0.05) is 11.8 Å². The highest BCUT2D eigenvalue weighted by atomic mass is 32.2. The molecule has 1 N–H and O–H groups in total. The number of aromatic nitrogens is 4. The summed E-state index contributed by atoms with van der Waals surface area (Å²) in [7, 11) is 2.10. The average Bonchev–Trinajstić information content (AvgIpc) is 2.54. The summed E-state index contributed by atoms with van der Waals surface area (Å²) >= 11 is 1.47. The van der Waals surface area contributed by atoms with E-state index in [0.29, 0.717) is 16.9 Å². The van der Waals surface area contributed by atoms with Crippen LogP contribution in [0.2, 0.25) is 0 Å². The molecule has 22 heavy (non-hydrogen) atoms. The maximum atomic E-state index is 11.9. The molecule has 3 heterocycles. The van der Waals surface area contributed by atoms with Crippen molar-refractivity contribution in [1.29, 1.82) is 0 Å². The highest BCUT2D eigenvalue weighted by Gasteiger charge is 2.16. The number of likely N-dealkylation sites (N-methyl/N-ethyl adjacent to an activating group) is 1. The number of anilines is 1. The zero-order valence-electron chi connectivity index (χ0n) is 12.4. The summed E-state index contributed by atoms with van der Waals surface area (Å²) in [6.45, 7) is 3.69. The molecule has 1 saturated heterocycles. The van der Waals surface area contributed by atoms with Gasteiger partial charge in [-0.25, -0.2) is 15.0 Å². The molecule has 1 aliphatic rings. The standard InChI is InChI=1S/C14H18N6OS/c1-19-5-7-20(8-6-19)13-17-11(9-12(21)18-13)10-22-14-15-3-2-4-16-14/h2-4,9H,5-8,10H2,1H3,(H,17,18,21). The van der Waals surface area contributed by atoms with E-state index >= 15 is 0 Å². The number of piperazine rings is 1. The molecule has 8 heteroatoms. The van der Waals surface area contributed by atoms with E-state index < -0.39 is 0 Å². The molecule has 7 nitrogen and oxygen atoms in total. The Kier molecular flexibility index (Phi) is 4.69. The van der Waals surface area contributed by atoms with Gasteiger partial charge in [-0.05, 0) is 13.1 Å². The van der Waals surface area contributed by atoms with Gasteiger partial charge in [-0.15, -0.1) is 0 Å². The van der Waals surface area contributed by atoms with Crippen molar-refractivity contribution in [2.75, 3.05) is 38.1 Å². The monoisotopic (exact) mass is 318 g/mol. The highest BCUT2D eigenvalue weighted by Crippen LogP contribution is 2.17. The summed E-state index contributed by atoms with van der Waals surface area (Å²) < 4.78 is 0. The minimum atomic E-state index is -0.117. The molecule has 1 aliphatic heterocycles. The molecule has 0 spiro atoms. The number of rotatable bonds is 4. The number of thioether (sulfide) groups is 1. The summed E-state index contributed by atoms with van der Waals surface area (Å²) in [4.78, 5) is 32.0. The fraction of sp³-hybridized carbons (Fsp3) is 0.429. The summed E-state index contributed by atoms with van der Waals surface area (Å²) in [5.41, 5.74) is 0.628. The topological polar surface area (TPSA) is 78.0 Å². The van der Waals surface area contributed by atoms with Crippen molar-refractivity contribution in [1.82, 2.24) is 24.8 Å². The normalized spacial score (nSPS) is 16.0. The van der Waals surface area contributed by atoms with Gasteiger partial charge in [0.15, 0.2) is 5.16 Å². The second-order valence-corrected chi connectivity index (χ2v) is 6.11. The van der Waals surface area contributed by atoms with Crippen molar-refractivity contribution in [3.05, 3.63) is 40.6 Å². The van der Waals surface area contributed by atoms with Crippen molar-refractivity contribution in [2.45, 2.75) is 10.9 Å². The first-order chi connectivity index (χ1) is 10.7. The Morgan fingerprint density at radius 2 is 1.95 bits per heavy atom. The Hall–Kier alpha value is -1.93. The van der Waals surface area contributed by atoms with Gasteiger partial charge in [0.1, 0.15) is 0 Å². The second kappa shape index (κ2) is 6.89. The molecule has 0 bridgehead atoms. The van der Waals surface area contributed by atoms with E-state index in [4.69, 9.17) is 0 Å². The van der Waals surface area contributed by atoms with Crippen LogP contribution in [0.25, 0.3) is 0 Å². The van der Waals surface area contributed by atoms with Crippen LogP contribution in [0.1, 0.15) is 5.69 Å². The fourth-order valence-corrected chi connectivity index (χ4v) is 2.93. The van der Waals surface area contributed by atoms with E-state index in [0.717, 1.165) is 31.9 Å². The van der Waals surface area contributed by atoms with Gasteiger partial charge in [0.2, 0.25) is 5.95 Å². The average molecular weight is 318 g/mol. The van der Waals surface area contributed by atoms with E-state index in [-0.39, 0.29) is 5.56 Å². The molecule has 0 unspecified atom stereocenters. The Morgan fingerprint density at radius 1 is 1.23 bits per heavy atom. The first-order valence-electron chi connectivity index (χ1n) is 7.14. The number of nitrogens with zero attached hydrogens (tertiary/aromatic N) is 5. The van der Waals surface area contributed by atoms with Crippen LogP contribution in [-0.2, 0) is 5.75 Å².